The predicted molar refractivity (Wildman–Crippen MR) is 120 cm³/mol. The van der Waals surface area contributed by atoms with Crippen LogP contribution in [0.3, 0.4) is 0 Å². The molecule has 31 heavy (non-hydrogen) atoms. The summed E-state index contributed by atoms with van der Waals surface area (Å²) >= 11 is 6.36. The Morgan fingerprint density at radius 1 is 1.19 bits per heavy atom. The van der Waals surface area contributed by atoms with Crippen LogP contribution in [0.2, 0.25) is 5.02 Å². The van der Waals surface area contributed by atoms with Gasteiger partial charge in [-0.2, -0.15) is 5.10 Å². The van der Waals surface area contributed by atoms with Crippen LogP contribution in [0, 0.1) is 0 Å². The summed E-state index contributed by atoms with van der Waals surface area (Å²) in [4.78, 5) is 20.8. The molecule has 1 aliphatic heterocycles. The summed E-state index contributed by atoms with van der Waals surface area (Å²) in [7, 11) is -1.71. The molecule has 1 amide bonds. The molecule has 3 heterocycles. The molecule has 0 spiro atoms. The largest absolute Gasteiger partial charge is 0.382 e. The molecule has 2 aromatic heterocycles. The van der Waals surface area contributed by atoms with Crippen molar-refractivity contribution in [3.8, 4) is 11.3 Å². The summed E-state index contributed by atoms with van der Waals surface area (Å²) in [6.45, 7) is 4.63. The molecular weight excluding hydrogens is 440 g/mol. The van der Waals surface area contributed by atoms with Gasteiger partial charge in [0, 0.05) is 24.9 Å². The van der Waals surface area contributed by atoms with Gasteiger partial charge < -0.3 is 10.6 Å². The molecule has 0 saturated carbocycles. The van der Waals surface area contributed by atoms with E-state index in [1.165, 1.54) is 12.4 Å². The van der Waals surface area contributed by atoms with Crippen molar-refractivity contribution in [2.75, 3.05) is 37.0 Å². The Bertz CT molecular complexity index is 1320. The van der Waals surface area contributed by atoms with Gasteiger partial charge in [0.2, 0.25) is 5.91 Å². The number of fused-ring (bicyclic) bond motifs is 1. The highest BCUT2D eigenvalue weighted by Gasteiger charge is 2.41. The van der Waals surface area contributed by atoms with Gasteiger partial charge >= 0.3 is 0 Å². The van der Waals surface area contributed by atoms with Crippen molar-refractivity contribution in [2.24, 2.45) is 0 Å². The van der Waals surface area contributed by atoms with E-state index in [-0.39, 0.29) is 16.6 Å². The minimum absolute atomic E-state index is 0.0889. The summed E-state index contributed by atoms with van der Waals surface area (Å²) in [5.41, 5.74) is 7.22. The summed E-state index contributed by atoms with van der Waals surface area (Å²) < 4.78 is 26.6. The standard InChI is InChI=1S/C20H23ClN6O3S/c1-20(2)19(28)26(8-7-25(20)3)15-9-12(5-6-16(15)31(4,29)30)14-10-13(21)17-18(22)23-11-24-27(14)17/h5-6,9-11H,7-8H2,1-4H3,(H2,22,23,24). The highest BCUT2D eigenvalue weighted by Crippen LogP contribution is 2.37. The molecule has 2 N–H and O–H groups in total. The second-order valence-electron chi connectivity index (χ2n) is 8.18. The number of carbonyl (C=O) groups excluding carboxylic acids is 1. The van der Waals surface area contributed by atoms with Gasteiger partial charge in [0.1, 0.15) is 11.8 Å². The molecule has 0 atom stereocenters. The monoisotopic (exact) mass is 462 g/mol. The lowest BCUT2D eigenvalue weighted by Crippen LogP contribution is -2.62. The molecule has 0 radical (unpaired) electrons. The number of aromatic nitrogens is 3. The molecule has 4 rings (SSSR count). The molecule has 164 valence electrons. The zero-order chi connectivity index (χ0) is 22.7. The summed E-state index contributed by atoms with van der Waals surface area (Å²) in [5.74, 6) is 0.0585. The number of rotatable bonds is 3. The smallest absolute Gasteiger partial charge is 0.247 e. The van der Waals surface area contributed by atoms with Gasteiger partial charge in [-0.05, 0) is 39.1 Å². The maximum absolute atomic E-state index is 13.3. The van der Waals surface area contributed by atoms with Crippen LogP contribution in [-0.4, -0.2) is 65.8 Å². The molecule has 1 aromatic carbocycles. The minimum Gasteiger partial charge on any atom is -0.382 e. The number of sulfone groups is 1. The number of likely N-dealkylation sites (N-methyl/N-ethyl adjacent to an activating group) is 1. The quantitative estimate of drug-likeness (QED) is 0.633. The van der Waals surface area contributed by atoms with Crippen LogP contribution in [0.25, 0.3) is 16.8 Å². The van der Waals surface area contributed by atoms with Crippen LogP contribution in [0.5, 0.6) is 0 Å². The van der Waals surface area contributed by atoms with Crippen LogP contribution in [-0.2, 0) is 14.6 Å². The van der Waals surface area contributed by atoms with E-state index in [1.54, 1.807) is 27.6 Å². The van der Waals surface area contributed by atoms with Crippen LogP contribution in [0.4, 0.5) is 11.5 Å². The Balaban J connectivity index is 1.94. The van der Waals surface area contributed by atoms with Crippen LogP contribution < -0.4 is 10.6 Å². The maximum Gasteiger partial charge on any atom is 0.247 e. The normalized spacial score (nSPS) is 17.5. The average Bonchev–Trinajstić information content (AvgIpc) is 3.03. The molecule has 0 bridgehead atoms. The highest BCUT2D eigenvalue weighted by atomic mass is 35.5. The van der Waals surface area contributed by atoms with E-state index in [4.69, 9.17) is 17.3 Å². The highest BCUT2D eigenvalue weighted by molar-refractivity contribution is 7.90. The molecule has 1 aliphatic rings. The number of hydrogen-bond donors (Lipinski definition) is 1. The maximum atomic E-state index is 13.3. The zero-order valence-electron chi connectivity index (χ0n) is 17.6. The number of nitrogens with zero attached hydrogens (tertiary/aromatic N) is 5. The Labute approximate surface area is 185 Å². The molecule has 9 nitrogen and oxygen atoms in total. The van der Waals surface area contributed by atoms with E-state index in [0.717, 1.165) is 6.26 Å². The number of carbonyl (C=O) groups is 1. The van der Waals surface area contributed by atoms with Gasteiger partial charge in [-0.25, -0.2) is 17.9 Å². The van der Waals surface area contributed by atoms with Crippen molar-refractivity contribution in [1.29, 1.82) is 0 Å². The third-order valence-corrected chi connectivity index (χ3v) is 7.30. The zero-order valence-corrected chi connectivity index (χ0v) is 19.2. The fraction of sp³-hybridized carbons (Fsp3) is 0.350. The average molecular weight is 463 g/mol. The Hall–Kier alpha value is -2.69. The van der Waals surface area contributed by atoms with E-state index in [2.05, 4.69) is 10.1 Å². The van der Waals surface area contributed by atoms with E-state index >= 15 is 0 Å². The van der Waals surface area contributed by atoms with Crippen molar-refractivity contribution >= 4 is 44.4 Å². The van der Waals surface area contributed by atoms with E-state index in [9.17, 15) is 13.2 Å². The van der Waals surface area contributed by atoms with Crippen molar-refractivity contribution < 1.29 is 13.2 Å². The van der Waals surface area contributed by atoms with Crippen LogP contribution in [0.15, 0.2) is 35.5 Å². The molecule has 0 unspecified atom stereocenters. The molecule has 11 heteroatoms. The van der Waals surface area contributed by atoms with Crippen molar-refractivity contribution in [3.63, 3.8) is 0 Å². The number of halogens is 1. The first-order valence-electron chi connectivity index (χ1n) is 9.58. The molecular formula is C20H23ClN6O3S. The summed E-state index contributed by atoms with van der Waals surface area (Å²) in [6, 6.07) is 6.56. The van der Waals surface area contributed by atoms with Gasteiger partial charge in [0.15, 0.2) is 15.7 Å². The molecule has 0 aliphatic carbocycles. The van der Waals surface area contributed by atoms with E-state index in [0.29, 0.717) is 40.6 Å². The molecule has 3 aromatic rings. The lowest BCUT2D eigenvalue weighted by atomic mass is 9.97. The lowest BCUT2D eigenvalue weighted by molar-refractivity contribution is -0.130. The second kappa shape index (κ2) is 7.18. The lowest BCUT2D eigenvalue weighted by Gasteiger charge is -2.44. The summed E-state index contributed by atoms with van der Waals surface area (Å²) in [6.07, 6.45) is 2.45. The van der Waals surface area contributed by atoms with E-state index in [1.807, 2.05) is 25.8 Å². The topological polar surface area (TPSA) is 114 Å². The van der Waals surface area contributed by atoms with Crippen molar-refractivity contribution in [2.45, 2.75) is 24.3 Å². The fourth-order valence-electron chi connectivity index (χ4n) is 3.78. The first-order chi connectivity index (χ1) is 14.4. The summed E-state index contributed by atoms with van der Waals surface area (Å²) in [5, 5.41) is 4.61. The molecule has 1 fully saturated rings. The number of anilines is 2. The van der Waals surface area contributed by atoms with Gasteiger partial charge in [-0.3, -0.25) is 9.69 Å². The van der Waals surface area contributed by atoms with Crippen LogP contribution >= 0.6 is 11.6 Å². The first kappa shape index (κ1) is 21.5. The van der Waals surface area contributed by atoms with Gasteiger partial charge in [0.05, 0.1) is 26.8 Å². The SMILES string of the molecule is CN1CCN(c2cc(-c3cc(Cl)c4c(N)ncnn34)ccc2S(C)(=O)=O)C(=O)C1(C)C. The fourth-order valence-corrected chi connectivity index (χ4v) is 4.93. The predicted octanol–water partition coefficient (Wildman–Crippen LogP) is 2.09. The Morgan fingerprint density at radius 3 is 2.58 bits per heavy atom. The third kappa shape index (κ3) is 3.44. The minimum atomic E-state index is -3.59. The van der Waals surface area contributed by atoms with Crippen LogP contribution in [0.1, 0.15) is 13.8 Å². The number of hydrogen-bond acceptors (Lipinski definition) is 7. The number of piperazine rings is 1. The number of nitrogen functional groups attached to an aromatic ring is 1. The molecule has 1 saturated heterocycles. The van der Waals surface area contributed by atoms with Gasteiger partial charge in [0.25, 0.3) is 0 Å². The first-order valence-corrected chi connectivity index (χ1v) is 11.8. The number of benzene rings is 1. The van der Waals surface area contributed by atoms with Gasteiger partial charge in [-0.1, -0.05) is 17.7 Å². The third-order valence-electron chi connectivity index (χ3n) is 5.86. The van der Waals surface area contributed by atoms with Crippen molar-refractivity contribution in [3.05, 3.63) is 35.6 Å². The Kier molecular flexibility index (Phi) is 4.99. The van der Waals surface area contributed by atoms with Gasteiger partial charge in [-0.15, -0.1) is 0 Å². The number of amides is 1. The Morgan fingerprint density at radius 2 is 1.90 bits per heavy atom. The van der Waals surface area contributed by atoms with Crippen molar-refractivity contribution in [1.82, 2.24) is 19.5 Å². The van der Waals surface area contributed by atoms with E-state index < -0.39 is 15.4 Å². The second-order valence-corrected chi connectivity index (χ2v) is 10.6. The number of nitrogens with two attached hydrogens (primary N) is 1.